The van der Waals surface area contributed by atoms with Crippen molar-refractivity contribution in [3.05, 3.63) is 78.6 Å². The molecule has 3 aromatic rings. The van der Waals surface area contributed by atoms with Crippen molar-refractivity contribution in [1.29, 1.82) is 0 Å². The molecule has 1 aliphatic rings. The van der Waals surface area contributed by atoms with Crippen molar-refractivity contribution in [2.75, 3.05) is 18.0 Å². The molecule has 2 aromatic carbocycles. The molecule has 1 aromatic heterocycles. The molecule has 5 nitrogen and oxygen atoms in total. The Morgan fingerprint density at radius 3 is 2.53 bits per heavy atom. The SMILES string of the molecule is C[C@H](NC(=O)[C@H]1CCCN(c2nccnc2Sc2ccccc2)C1)c1ccccc1. The second kappa shape index (κ2) is 9.76. The van der Waals surface area contributed by atoms with Crippen molar-refractivity contribution >= 4 is 23.5 Å². The molecule has 0 radical (unpaired) electrons. The van der Waals surface area contributed by atoms with Crippen LogP contribution in [0.5, 0.6) is 0 Å². The Hall–Kier alpha value is -2.86. The molecule has 0 aliphatic carbocycles. The van der Waals surface area contributed by atoms with Gasteiger partial charge >= 0.3 is 0 Å². The molecule has 0 saturated carbocycles. The molecule has 154 valence electrons. The van der Waals surface area contributed by atoms with Gasteiger partial charge in [-0.15, -0.1) is 0 Å². The molecular weight excluding hydrogens is 392 g/mol. The van der Waals surface area contributed by atoms with Gasteiger partial charge < -0.3 is 10.2 Å². The summed E-state index contributed by atoms with van der Waals surface area (Å²) in [5, 5.41) is 4.06. The lowest BCUT2D eigenvalue weighted by Crippen LogP contribution is -2.44. The van der Waals surface area contributed by atoms with Crippen LogP contribution in [0.2, 0.25) is 0 Å². The maximum Gasteiger partial charge on any atom is 0.225 e. The van der Waals surface area contributed by atoms with Gasteiger partial charge in [-0.3, -0.25) is 4.79 Å². The monoisotopic (exact) mass is 418 g/mol. The van der Waals surface area contributed by atoms with E-state index in [-0.39, 0.29) is 17.9 Å². The molecule has 6 heteroatoms. The topological polar surface area (TPSA) is 58.1 Å². The predicted octanol–water partition coefficient (Wildman–Crippen LogP) is 4.72. The molecule has 1 saturated heterocycles. The fourth-order valence-electron chi connectivity index (χ4n) is 3.75. The highest BCUT2D eigenvalue weighted by atomic mass is 32.2. The number of aromatic nitrogens is 2. The van der Waals surface area contributed by atoms with Crippen LogP contribution in [0.3, 0.4) is 0 Å². The number of nitrogens with zero attached hydrogens (tertiary/aromatic N) is 3. The average Bonchev–Trinajstić information content (AvgIpc) is 2.81. The predicted molar refractivity (Wildman–Crippen MR) is 121 cm³/mol. The lowest BCUT2D eigenvalue weighted by molar-refractivity contribution is -0.125. The van der Waals surface area contributed by atoms with E-state index in [1.54, 1.807) is 24.2 Å². The molecule has 1 fully saturated rings. The normalized spacial score (nSPS) is 17.4. The first-order valence-electron chi connectivity index (χ1n) is 10.3. The lowest BCUT2D eigenvalue weighted by atomic mass is 9.96. The van der Waals surface area contributed by atoms with Crippen molar-refractivity contribution < 1.29 is 4.79 Å². The van der Waals surface area contributed by atoms with Gasteiger partial charge in [-0.25, -0.2) is 9.97 Å². The summed E-state index contributed by atoms with van der Waals surface area (Å²) in [4.78, 5) is 25.5. The highest BCUT2D eigenvalue weighted by Gasteiger charge is 2.29. The van der Waals surface area contributed by atoms with Gasteiger partial charge in [0.05, 0.1) is 12.0 Å². The molecule has 4 rings (SSSR count). The largest absolute Gasteiger partial charge is 0.354 e. The molecular formula is C24H26N4OS. The van der Waals surface area contributed by atoms with Crippen molar-refractivity contribution in [3.8, 4) is 0 Å². The first-order valence-corrected chi connectivity index (χ1v) is 11.2. The molecule has 2 atom stereocenters. The van der Waals surface area contributed by atoms with Crippen LogP contribution in [0.1, 0.15) is 31.4 Å². The number of nitrogens with one attached hydrogen (secondary N) is 1. The first kappa shape index (κ1) is 20.4. The highest BCUT2D eigenvalue weighted by Crippen LogP contribution is 2.34. The number of anilines is 1. The number of hydrogen-bond donors (Lipinski definition) is 1. The third kappa shape index (κ3) is 5.00. The van der Waals surface area contributed by atoms with Gasteiger partial charge in [0.15, 0.2) is 5.82 Å². The summed E-state index contributed by atoms with van der Waals surface area (Å²) in [6, 6.07) is 20.3. The summed E-state index contributed by atoms with van der Waals surface area (Å²) in [6.07, 6.45) is 5.31. The van der Waals surface area contributed by atoms with Crippen LogP contribution in [-0.4, -0.2) is 29.0 Å². The summed E-state index contributed by atoms with van der Waals surface area (Å²) in [6.45, 7) is 3.58. The molecule has 0 unspecified atom stereocenters. The zero-order valence-corrected chi connectivity index (χ0v) is 17.9. The maximum absolute atomic E-state index is 13.0. The van der Waals surface area contributed by atoms with Gasteiger partial charge in [0.2, 0.25) is 5.91 Å². The van der Waals surface area contributed by atoms with Gasteiger partial charge in [0.1, 0.15) is 5.03 Å². The van der Waals surface area contributed by atoms with Crippen LogP contribution in [0.25, 0.3) is 0 Å². The second-order valence-electron chi connectivity index (χ2n) is 7.53. The maximum atomic E-state index is 13.0. The van der Waals surface area contributed by atoms with E-state index in [4.69, 9.17) is 0 Å². The number of carbonyl (C=O) groups is 1. The first-order chi connectivity index (χ1) is 14.7. The highest BCUT2D eigenvalue weighted by molar-refractivity contribution is 7.99. The van der Waals surface area contributed by atoms with Crippen molar-refractivity contribution in [2.45, 2.75) is 35.7 Å². The molecule has 1 N–H and O–H groups in total. The number of amides is 1. The zero-order valence-electron chi connectivity index (χ0n) is 17.1. The third-order valence-electron chi connectivity index (χ3n) is 5.35. The Balaban J connectivity index is 1.45. The molecule has 1 aliphatic heterocycles. The van der Waals surface area contributed by atoms with E-state index in [0.717, 1.165) is 40.7 Å². The minimum atomic E-state index is -0.0542. The number of hydrogen-bond acceptors (Lipinski definition) is 5. The number of rotatable bonds is 6. The lowest BCUT2D eigenvalue weighted by Gasteiger charge is -2.34. The Labute approximate surface area is 181 Å². The fraction of sp³-hybridized carbons (Fsp3) is 0.292. The smallest absolute Gasteiger partial charge is 0.225 e. The second-order valence-corrected chi connectivity index (χ2v) is 8.59. The van der Waals surface area contributed by atoms with Crippen LogP contribution in [-0.2, 0) is 4.79 Å². The van der Waals surface area contributed by atoms with E-state index in [1.165, 1.54) is 0 Å². The minimum Gasteiger partial charge on any atom is -0.354 e. The van der Waals surface area contributed by atoms with Crippen LogP contribution in [0, 0.1) is 5.92 Å². The van der Waals surface area contributed by atoms with Gasteiger partial charge in [0, 0.05) is 30.4 Å². The van der Waals surface area contributed by atoms with Crippen molar-refractivity contribution in [1.82, 2.24) is 15.3 Å². The quantitative estimate of drug-likeness (QED) is 0.628. The van der Waals surface area contributed by atoms with Crippen LogP contribution < -0.4 is 10.2 Å². The summed E-state index contributed by atoms with van der Waals surface area (Å²) < 4.78 is 0. The Kier molecular flexibility index (Phi) is 6.64. The third-order valence-corrected chi connectivity index (χ3v) is 6.34. The van der Waals surface area contributed by atoms with Crippen LogP contribution in [0.15, 0.2) is 83.0 Å². The minimum absolute atomic E-state index is 0.00482. The molecule has 0 spiro atoms. The van der Waals surface area contributed by atoms with E-state index in [2.05, 4.69) is 32.3 Å². The van der Waals surface area contributed by atoms with E-state index in [1.807, 2.05) is 55.5 Å². The Morgan fingerprint density at radius 1 is 1.07 bits per heavy atom. The number of piperidine rings is 1. The Bertz CT molecular complexity index is 967. The van der Waals surface area contributed by atoms with Gasteiger partial charge in [0.25, 0.3) is 0 Å². The average molecular weight is 419 g/mol. The van der Waals surface area contributed by atoms with E-state index in [9.17, 15) is 4.79 Å². The fourth-order valence-corrected chi connectivity index (χ4v) is 4.65. The standard InChI is InChI=1S/C24H26N4OS/c1-18(19-9-4-2-5-10-19)27-23(29)20-11-8-16-28(17-20)22-24(26-15-14-25-22)30-21-12-6-3-7-13-21/h2-7,9-10,12-15,18,20H,8,11,16-17H2,1H3,(H,27,29)/t18-,20-/m0/s1. The van der Waals surface area contributed by atoms with Gasteiger partial charge in [-0.05, 0) is 37.5 Å². The van der Waals surface area contributed by atoms with E-state index >= 15 is 0 Å². The zero-order chi connectivity index (χ0) is 20.8. The summed E-state index contributed by atoms with van der Waals surface area (Å²) >= 11 is 1.61. The number of benzene rings is 2. The molecule has 30 heavy (non-hydrogen) atoms. The summed E-state index contributed by atoms with van der Waals surface area (Å²) in [5.74, 6) is 0.915. The van der Waals surface area contributed by atoms with Gasteiger partial charge in [-0.1, -0.05) is 60.3 Å². The van der Waals surface area contributed by atoms with Crippen molar-refractivity contribution in [2.24, 2.45) is 5.92 Å². The van der Waals surface area contributed by atoms with Crippen molar-refractivity contribution in [3.63, 3.8) is 0 Å². The number of carbonyl (C=O) groups excluding carboxylic acids is 1. The molecule has 0 bridgehead atoms. The van der Waals surface area contributed by atoms with Gasteiger partial charge in [-0.2, -0.15) is 0 Å². The van der Waals surface area contributed by atoms with E-state index in [0.29, 0.717) is 6.54 Å². The van der Waals surface area contributed by atoms with E-state index < -0.39 is 0 Å². The summed E-state index contributed by atoms with van der Waals surface area (Å²) in [5.41, 5.74) is 1.12. The molecule has 2 heterocycles. The van der Waals surface area contributed by atoms with Crippen LogP contribution in [0.4, 0.5) is 5.82 Å². The van der Waals surface area contributed by atoms with Crippen LogP contribution >= 0.6 is 11.8 Å². The Morgan fingerprint density at radius 2 is 1.77 bits per heavy atom. The summed E-state index contributed by atoms with van der Waals surface area (Å²) in [7, 11) is 0. The molecule has 1 amide bonds.